The lowest BCUT2D eigenvalue weighted by Gasteiger charge is -2.11. The number of hydrogen-bond donors (Lipinski definition) is 1. The maximum absolute atomic E-state index is 10.9. The van der Waals surface area contributed by atoms with E-state index in [1.807, 2.05) is 12.1 Å². The first-order valence-corrected chi connectivity index (χ1v) is 5.74. The van der Waals surface area contributed by atoms with Crippen molar-refractivity contribution in [1.29, 1.82) is 0 Å². The Labute approximate surface area is 106 Å². The Balaban J connectivity index is 2.48. The van der Waals surface area contributed by atoms with Crippen molar-refractivity contribution in [3.8, 4) is 5.75 Å². The molecule has 0 heterocycles. The third-order valence-electron chi connectivity index (χ3n) is 2.27. The van der Waals surface area contributed by atoms with Crippen LogP contribution < -0.4 is 10.5 Å². The van der Waals surface area contributed by atoms with Gasteiger partial charge in [-0.05, 0) is 12.5 Å². The fourth-order valence-corrected chi connectivity index (χ4v) is 1.62. The molecule has 0 amide bonds. The molecule has 4 nitrogen and oxygen atoms in total. The van der Waals surface area contributed by atoms with E-state index < -0.39 is 0 Å². The summed E-state index contributed by atoms with van der Waals surface area (Å²) in [6, 6.07) is 5.43. The summed E-state index contributed by atoms with van der Waals surface area (Å²) in [5.41, 5.74) is 6.44. The molecule has 0 aromatic heterocycles. The molecule has 0 saturated carbocycles. The number of carbonyl (C=O) groups is 1. The molecule has 0 aliphatic carbocycles. The van der Waals surface area contributed by atoms with Crippen LogP contribution in [0.4, 0.5) is 0 Å². The van der Waals surface area contributed by atoms with E-state index >= 15 is 0 Å². The van der Waals surface area contributed by atoms with Crippen LogP contribution in [-0.2, 0) is 16.1 Å². The van der Waals surface area contributed by atoms with Crippen molar-refractivity contribution in [2.24, 2.45) is 5.73 Å². The molecule has 0 atom stereocenters. The van der Waals surface area contributed by atoms with Gasteiger partial charge in [-0.3, -0.25) is 4.79 Å². The largest absolute Gasteiger partial charge is 0.492 e. The topological polar surface area (TPSA) is 61.5 Å². The molecule has 17 heavy (non-hydrogen) atoms. The molecular formula is C12H16ClNO3. The Morgan fingerprint density at radius 2 is 2.24 bits per heavy atom. The van der Waals surface area contributed by atoms with Crippen LogP contribution in [0.3, 0.4) is 0 Å². The summed E-state index contributed by atoms with van der Waals surface area (Å²) >= 11 is 6.00. The zero-order valence-corrected chi connectivity index (χ0v) is 10.5. The molecule has 5 heteroatoms. The van der Waals surface area contributed by atoms with Crippen LogP contribution in [0.25, 0.3) is 0 Å². The van der Waals surface area contributed by atoms with E-state index in [1.165, 1.54) is 7.11 Å². The summed E-state index contributed by atoms with van der Waals surface area (Å²) in [5, 5.41) is 0.533. The minimum absolute atomic E-state index is 0.244. The van der Waals surface area contributed by atoms with Crippen LogP contribution in [0.1, 0.15) is 18.4 Å². The monoisotopic (exact) mass is 257 g/mol. The summed E-state index contributed by atoms with van der Waals surface area (Å²) in [4.78, 5) is 10.9. The third kappa shape index (κ3) is 4.24. The van der Waals surface area contributed by atoms with Crippen molar-refractivity contribution in [3.05, 3.63) is 28.8 Å². The van der Waals surface area contributed by atoms with Crippen LogP contribution in [0.5, 0.6) is 5.75 Å². The molecule has 1 aromatic carbocycles. The summed E-state index contributed by atoms with van der Waals surface area (Å²) in [6.07, 6.45) is 0.917. The van der Waals surface area contributed by atoms with Crippen molar-refractivity contribution in [2.75, 3.05) is 13.7 Å². The minimum Gasteiger partial charge on any atom is -0.492 e. The molecule has 2 N–H and O–H groups in total. The van der Waals surface area contributed by atoms with Crippen molar-refractivity contribution in [1.82, 2.24) is 0 Å². The van der Waals surface area contributed by atoms with Gasteiger partial charge in [0.05, 0.1) is 18.7 Å². The van der Waals surface area contributed by atoms with Gasteiger partial charge in [0.1, 0.15) is 5.75 Å². The molecular weight excluding hydrogens is 242 g/mol. The fourth-order valence-electron chi connectivity index (χ4n) is 1.37. The van der Waals surface area contributed by atoms with Crippen LogP contribution >= 0.6 is 11.6 Å². The molecule has 0 fully saturated rings. The van der Waals surface area contributed by atoms with E-state index in [9.17, 15) is 4.79 Å². The lowest BCUT2D eigenvalue weighted by Crippen LogP contribution is -2.07. The van der Waals surface area contributed by atoms with Crippen LogP contribution in [-0.4, -0.2) is 19.7 Å². The second kappa shape index (κ2) is 7.14. The maximum Gasteiger partial charge on any atom is 0.305 e. The number of hydrogen-bond acceptors (Lipinski definition) is 4. The molecule has 0 saturated heterocycles. The van der Waals surface area contributed by atoms with E-state index in [4.69, 9.17) is 22.1 Å². The van der Waals surface area contributed by atoms with Crippen molar-refractivity contribution < 1.29 is 14.3 Å². The number of nitrogens with two attached hydrogens (primary N) is 1. The Morgan fingerprint density at radius 1 is 1.47 bits per heavy atom. The molecule has 0 aliphatic rings. The quantitative estimate of drug-likeness (QED) is 0.626. The van der Waals surface area contributed by atoms with Gasteiger partial charge in [-0.25, -0.2) is 0 Å². The number of ether oxygens (including phenoxy) is 2. The highest BCUT2D eigenvalue weighted by Crippen LogP contribution is 2.28. The van der Waals surface area contributed by atoms with E-state index in [2.05, 4.69) is 4.74 Å². The maximum atomic E-state index is 10.9. The fraction of sp³-hybridized carbons (Fsp3) is 0.417. The predicted octanol–water partition coefficient (Wildman–Crippen LogP) is 2.13. The Kier molecular flexibility index (Phi) is 5.80. The second-order valence-corrected chi connectivity index (χ2v) is 3.87. The Hall–Kier alpha value is -1.26. The van der Waals surface area contributed by atoms with E-state index in [-0.39, 0.29) is 5.97 Å². The summed E-state index contributed by atoms with van der Waals surface area (Å²) < 4.78 is 10.1. The zero-order chi connectivity index (χ0) is 12.7. The minimum atomic E-state index is -0.244. The molecule has 1 rings (SSSR count). The third-order valence-corrected chi connectivity index (χ3v) is 2.57. The Bertz CT molecular complexity index is 382. The number of rotatable bonds is 6. The number of para-hydroxylation sites is 1. The zero-order valence-electron chi connectivity index (χ0n) is 9.74. The van der Waals surface area contributed by atoms with Gasteiger partial charge in [-0.2, -0.15) is 0 Å². The first-order valence-electron chi connectivity index (χ1n) is 5.36. The van der Waals surface area contributed by atoms with E-state index in [0.717, 1.165) is 5.56 Å². The van der Waals surface area contributed by atoms with E-state index in [1.54, 1.807) is 6.07 Å². The number of carbonyl (C=O) groups excluding carboxylic acids is 1. The predicted molar refractivity (Wildman–Crippen MR) is 66.1 cm³/mol. The first-order chi connectivity index (χ1) is 8.19. The SMILES string of the molecule is COC(=O)CCCOc1c(Cl)cccc1CN. The lowest BCUT2D eigenvalue weighted by atomic mass is 10.2. The summed E-state index contributed by atoms with van der Waals surface area (Å²) in [7, 11) is 1.36. The van der Waals surface area contributed by atoms with Gasteiger partial charge >= 0.3 is 5.97 Å². The van der Waals surface area contributed by atoms with Gasteiger partial charge in [-0.15, -0.1) is 0 Å². The van der Waals surface area contributed by atoms with Crippen LogP contribution in [0.15, 0.2) is 18.2 Å². The molecule has 94 valence electrons. The van der Waals surface area contributed by atoms with Gasteiger partial charge in [0.15, 0.2) is 0 Å². The van der Waals surface area contributed by atoms with Gasteiger partial charge in [0, 0.05) is 18.5 Å². The molecule has 0 spiro atoms. The average molecular weight is 258 g/mol. The molecule has 0 radical (unpaired) electrons. The highest BCUT2D eigenvalue weighted by Gasteiger charge is 2.07. The first kappa shape index (κ1) is 13.8. The number of benzene rings is 1. The van der Waals surface area contributed by atoms with E-state index in [0.29, 0.717) is 36.8 Å². The number of esters is 1. The smallest absolute Gasteiger partial charge is 0.305 e. The molecule has 0 unspecified atom stereocenters. The summed E-state index contributed by atoms with van der Waals surface area (Å²) in [6.45, 7) is 0.777. The second-order valence-electron chi connectivity index (χ2n) is 3.46. The molecule has 1 aromatic rings. The number of methoxy groups -OCH3 is 1. The molecule has 0 aliphatic heterocycles. The van der Waals surface area contributed by atoms with Crippen molar-refractivity contribution in [2.45, 2.75) is 19.4 Å². The number of halogens is 1. The molecule has 0 bridgehead atoms. The highest BCUT2D eigenvalue weighted by molar-refractivity contribution is 6.32. The van der Waals surface area contributed by atoms with Crippen LogP contribution in [0, 0.1) is 0 Å². The van der Waals surface area contributed by atoms with Gasteiger partial charge in [0.2, 0.25) is 0 Å². The van der Waals surface area contributed by atoms with Crippen LogP contribution in [0.2, 0.25) is 5.02 Å². The Morgan fingerprint density at radius 3 is 2.88 bits per heavy atom. The summed E-state index contributed by atoms with van der Waals surface area (Å²) in [5.74, 6) is 0.355. The van der Waals surface area contributed by atoms with Gasteiger partial charge < -0.3 is 15.2 Å². The standard InChI is InChI=1S/C12H16ClNO3/c1-16-11(15)6-3-7-17-12-9(8-14)4-2-5-10(12)13/h2,4-5H,3,6-8,14H2,1H3. The average Bonchev–Trinajstić information content (AvgIpc) is 2.35. The van der Waals surface area contributed by atoms with Crippen molar-refractivity contribution in [3.63, 3.8) is 0 Å². The van der Waals surface area contributed by atoms with Crippen molar-refractivity contribution >= 4 is 17.6 Å². The van der Waals surface area contributed by atoms with Gasteiger partial charge in [-0.1, -0.05) is 23.7 Å². The highest BCUT2D eigenvalue weighted by atomic mass is 35.5. The lowest BCUT2D eigenvalue weighted by molar-refractivity contribution is -0.140. The normalized spacial score (nSPS) is 10.1. The van der Waals surface area contributed by atoms with Gasteiger partial charge in [0.25, 0.3) is 0 Å².